The molecule has 3 nitrogen and oxygen atoms in total. The zero-order valence-corrected chi connectivity index (χ0v) is 6.96. The molecule has 0 spiro atoms. The predicted octanol–water partition coefficient (Wildman–Crippen LogP) is 0.765. The summed E-state index contributed by atoms with van der Waals surface area (Å²) in [6.07, 6.45) is 3.90. The quantitative estimate of drug-likeness (QED) is 0.593. The van der Waals surface area contributed by atoms with E-state index in [1.165, 1.54) is 0 Å². The Hall–Kier alpha value is -0.830. The minimum Gasteiger partial charge on any atom is -0.332 e. The predicted molar refractivity (Wildman–Crippen MR) is 43.1 cm³/mol. The van der Waals surface area contributed by atoms with Gasteiger partial charge in [-0.1, -0.05) is 0 Å². The number of aromatic nitrogens is 2. The summed E-state index contributed by atoms with van der Waals surface area (Å²) in [4.78, 5) is 4.22. The van der Waals surface area contributed by atoms with Gasteiger partial charge in [0.2, 0.25) is 0 Å². The summed E-state index contributed by atoms with van der Waals surface area (Å²) in [5.74, 6) is 1.14. The van der Waals surface area contributed by atoms with Crippen molar-refractivity contribution in [2.24, 2.45) is 0 Å². The average Bonchev–Trinajstić information content (AvgIpc) is 2.31. The second-order valence-corrected chi connectivity index (χ2v) is 3.71. The lowest BCUT2D eigenvalue weighted by atomic mass is 10.0. The van der Waals surface area contributed by atoms with Gasteiger partial charge in [-0.25, -0.2) is 4.98 Å². The molecule has 0 amide bonds. The molecule has 1 aliphatic heterocycles. The van der Waals surface area contributed by atoms with E-state index in [9.17, 15) is 0 Å². The summed E-state index contributed by atoms with van der Waals surface area (Å²) in [5, 5.41) is 3.42. The van der Waals surface area contributed by atoms with Gasteiger partial charge in [-0.15, -0.1) is 0 Å². The van der Waals surface area contributed by atoms with Crippen LogP contribution in [-0.2, 0) is 13.1 Å². The fraction of sp³-hybridized carbons (Fsp3) is 0.625. The molecule has 1 aromatic rings. The zero-order chi connectivity index (χ0) is 7.90. The van der Waals surface area contributed by atoms with Crippen LogP contribution in [0.1, 0.15) is 19.7 Å². The van der Waals surface area contributed by atoms with E-state index in [4.69, 9.17) is 0 Å². The van der Waals surface area contributed by atoms with Crippen molar-refractivity contribution in [2.45, 2.75) is 32.5 Å². The highest BCUT2D eigenvalue weighted by atomic mass is 15.2. The fourth-order valence-corrected chi connectivity index (χ4v) is 1.45. The van der Waals surface area contributed by atoms with E-state index in [0.717, 1.165) is 18.9 Å². The Morgan fingerprint density at radius 3 is 3.27 bits per heavy atom. The normalized spacial score (nSPS) is 21.3. The third kappa shape index (κ3) is 1.16. The largest absolute Gasteiger partial charge is 0.332 e. The van der Waals surface area contributed by atoms with Crippen LogP contribution in [0.25, 0.3) is 0 Å². The van der Waals surface area contributed by atoms with E-state index < -0.39 is 0 Å². The lowest BCUT2D eigenvalue weighted by molar-refractivity contribution is 0.290. The summed E-state index contributed by atoms with van der Waals surface area (Å²) in [7, 11) is 0. The van der Waals surface area contributed by atoms with Crippen LogP contribution in [-0.4, -0.2) is 15.1 Å². The first kappa shape index (κ1) is 6.85. The number of hydrogen-bond donors (Lipinski definition) is 1. The summed E-state index contributed by atoms with van der Waals surface area (Å²) in [5.41, 5.74) is 0.216. The molecule has 2 heterocycles. The van der Waals surface area contributed by atoms with Crippen molar-refractivity contribution in [3.8, 4) is 0 Å². The molecule has 60 valence electrons. The van der Waals surface area contributed by atoms with Crippen molar-refractivity contribution in [2.75, 3.05) is 0 Å². The molecule has 0 atom stereocenters. The van der Waals surface area contributed by atoms with Crippen molar-refractivity contribution in [3.63, 3.8) is 0 Å². The number of rotatable bonds is 0. The van der Waals surface area contributed by atoms with Gasteiger partial charge in [0.25, 0.3) is 0 Å². The number of imidazole rings is 1. The Balaban J connectivity index is 2.32. The molecule has 1 N–H and O–H groups in total. The Morgan fingerprint density at radius 1 is 1.64 bits per heavy atom. The molecule has 3 heteroatoms. The Labute approximate surface area is 66.4 Å². The second-order valence-electron chi connectivity index (χ2n) is 3.71. The highest BCUT2D eigenvalue weighted by Gasteiger charge is 2.23. The van der Waals surface area contributed by atoms with Gasteiger partial charge in [0.1, 0.15) is 5.82 Å². The van der Waals surface area contributed by atoms with Crippen molar-refractivity contribution >= 4 is 0 Å². The van der Waals surface area contributed by atoms with Gasteiger partial charge >= 0.3 is 0 Å². The maximum absolute atomic E-state index is 4.22. The molecular formula is C8H13N3. The van der Waals surface area contributed by atoms with Crippen LogP contribution in [0.3, 0.4) is 0 Å². The van der Waals surface area contributed by atoms with Crippen molar-refractivity contribution in [3.05, 3.63) is 18.2 Å². The second kappa shape index (κ2) is 2.08. The van der Waals surface area contributed by atoms with Gasteiger partial charge < -0.3 is 9.88 Å². The fourth-order valence-electron chi connectivity index (χ4n) is 1.45. The number of nitrogens with zero attached hydrogens (tertiary/aromatic N) is 2. The molecular weight excluding hydrogens is 138 g/mol. The number of nitrogens with one attached hydrogen (secondary N) is 1. The first-order valence-corrected chi connectivity index (χ1v) is 3.92. The van der Waals surface area contributed by atoms with Gasteiger partial charge in [0.05, 0.1) is 6.54 Å². The third-order valence-electron chi connectivity index (χ3n) is 2.09. The monoisotopic (exact) mass is 151 g/mol. The molecule has 0 saturated carbocycles. The molecule has 2 rings (SSSR count). The third-order valence-corrected chi connectivity index (χ3v) is 2.09. The summed E-state index contributed by atoms with van der Waals surface area (Å²) >= 11 is 0. The SMILES string of the molecule is CC1(C)Cn2ccnc2CN1. The highest BCUT2D eigenvalue weighted by molar-refractivity contribution is 4.99. The maximum Gasteiger partial charge on any atom is 0.122 e. The van der Waals surface area contributed by atoms with Gasteiger partial charge in [-0.05, 0) is 13.8 Å². The highest BCUT2D eigenvalue weighted by Crippen LogP contribution is 2.14. The van der Waals surface area contributed by atoms with Gasteiger partial charge in [0, 0.05) is 24.5 Å². The lowest BCUT2D eigenvalue weighted by Crippen LogP contribution is -2.47. The Kier molecular flexibility index (Phi) is 1.29. The topological polar surface area (TPSA) is 29.9 Å². The van der Waals surface area contributed by atoms with E-state index in [0.29, 0.717) is 0 Å². The van der Waals surface area contributed by atoms with Gasteiger partial charge in [-0.3, -0.25) is 0 Å². The van der Waals surface area contributed by atoms with Crippen LogP contribution >= 0.6 is 0 Å². The molecule has 0 fully saturated rings. The summed E-state index contributed by atoms with van der Waals surface area (Å²) < 4.78 is 2.20. The van der Waals surface area contributed by atoms with Gasteiger partial charge in [-0.2, -0.15) is 0 Å². The van der Waals surface area contributed by atoms with E-state index in [1.807, 2.05) is 12.4 Å². The smallest absolute Gasteiger partial charge is 0.122 e. The van der Waals surface area contributed by atoms with E-state index in [2.05, 4.69) is 28.7 Å². The van der Waals surface area contributed by atoms with Crippen LogP contribution in [0, 0.1) is 0 Å². The minimum absolute atomic E-state index is 0.216. The maximum atomic E-state index is 4.22. The lowest BCUT2D eigenvalue weighted by Gasteiger charge is -2.31. The van der Waals surface area contributed by atoms with Crippen LogP contribution in [0.15, 0.2) is 12.4 Å². The first-order valence-electron chi connectivity index (χ1n) is 3.92. The molecule has 0 radical (unpaired) electrons. The first-order chi connectivity index (χ1) is 5.17. The minimum atomic E-state index is 0.216. The standard InChI is InChI=1S/C8H13N3/c1-8(2)6-11-4-3-9-7(11)5-10-8/h3-4,10H,5-6H2,1-2H3. The van der Waals surface area contributed by atoms with Crippen LogP contribution < -0.4 is 5.32 Å². The molecule has 0 aliphatic carbocycles. The van der Waals surface area contributed by atoms with E-state index >= 15 is 0 Å². The Morgan fingerprint density at radius 2 is 2.45 bits per heavy atom. The van der Waals surface area contributed by atoms with E-state index in [-0.39, 0.29) is 5.54 Å². The zero-order valence-electron chi connectivity index (χ0n) is 6.96. The van der Waals surface area contributed by atoms with Crippen LogP contribution in [0.5, 0.6) is 0 Å². The molecule has 1 aliphatic rings. The number of fused-ring (bicyclic) bond motifs is 1. The van der Waals surface area contributed by atoms with E-state index in [1.54, 1.807) is 0 Å². The Bertz CT molecular complexity index is 262. The van der Waals surface area contributed by atoms with Crippen molar-refractivity contribution in [1.29, 1.82) is 0 Å². The van der Waals surface area contributed by atoms with Crippen LogP contribution in [0.2, 0.25) is 0 Å². The van der Waals surface area contributed by atoms with Crippen molar-refractivity contribution in [1.82, 2.24) is 14.9 Å². The molecule has 0 bridgehead atoms. The van der Waals surface area contributed by atoms with Crippen molar-refractivity contribution < 1.29 is 0 Å². The summed E-state index contributed by atoms with van der Waals surface area (Å²) in [6, 6.07) is 0. The molecule has 11 heavy (non-hydrogen) atoms. The number of hydrogen-bond acceptors (Lipinski definition) is 2. The van der Waals surface area contributed by atoms with Crippen LogP contribution in [0.4, 0.5) is 0 Å². The molecule has 0 saturated heterocycles. The summed E-state index contributed by atoms with van der Waals surface area (Å²) in [6.45, 7) is 6.31. The molecule has 1 aromatic heterocycles. The molecule has 0 aromatic carbocycles. The molecule has 0 unspecified atom stereocenters. The average molecular weight is 151 g/mol. The van der Waals surface area contributed by atoms with Gasteiger partial charge in [0.15, 0.2) is 0 Å².